The molecule has 1 aromatic rings. The lowest BCUT2D eigenvalue weighted by atomic mass is 10.0. The van der Waals surface area contributed by atoms with E-state index in [9.17, 15) is 4.39 Å². The second kappa shape index (κ2) is 4.82. The highest BCUT2D eigenvalue weighted by Crippen LogP contribution is 2.19. The Morgan fingerprint density at radius 1 is 1.59 bits per heavy atom. The summed E-state index contributed by atoms with van der Waals surface area (Å²) in [6.45, 7) is 3.97. The van der Waals surface area contributed by atoms with E-state index in [-0.39, 0.29) is 11.4 Å². The molecule has 0 amide bonds. The monoisotopic (exact) mass is 234 g/mol. The van der Waals surface area contributed by atoms with Crippen molar-refractivity contribution in [2.75, 3.05) is 13.2 Å². The first-order valence-electron chi connectivity index (χ1n) is 5.64. The number of ether oxygens (including phenoxy) is 1. The third-order valence-corrected chi connectivity index (χ3v) is 3.11. The molecule has 1 aromatic carbocycles. The number of halogens is 1. The van der Waals surface area contributed by atoms with Crippen LogP contribution in [-0.2, 0) is 11.3 Å². The molecule has 3 nitrogen and oxygen atoms in total. The predicted molar refractivity (Wildman–Crippen MR) is 61.8 cm³/mol. The molecular formula is C13H15FN2O. The zero-order valence-electron chi connectivity index (χ0n) is 9.79. The summed E-state index contributed by atoms with van der Waals surface area (Å²) in [6.07, 6.45) is 0.935. The summed E-state index contributed by atoms with van der Waals surface area (Å²) in [5.41, 5.74) is 1.14. The minimum Gasteiger partial charge on any atom is -0.379 e. The molecule has 0 aromatic heterocycles. The molecule has 90 valence electrons. The lowest BCUT2D eigenvalue weighted by molar-refractivity contribution is 0.171. The molecule has 2 rings (SSSR count). The van der Waals surface area contributed by atoms with Crippen LogP contribution in [0.3, 0.4) is 0 Å². The van der Waals surface area contributed by atoms with Gasteiger partial charge in [-0.1, -0.05) is 0 Å². The SMILES string of the molecule is CC1(NCc2cc(F)ccc2C#N)CCOC1. The molecule has 1 unspecified atom stereocenters. The molecule has 1 heterocycles. The van der Waals surface area contributed by atoms with E-state index in [4.69, 9.17) is 10.00 Å². The fraction of sp³-hybridized carbons (Fsp3) is 0.462. The molecule has 1 aliphatic heterocycles. The van der Waals surface area contributed by atoms with E-state index in [1.807, 2.05) is 0 Å². The number of hydrogen-bond donors (Lipinski definition) is 1. The van der Waals surface area contributed by atoms with Crippen molar-refractivity contribution < 1.29 is 9.13 Å². The fourth-order valence-corrected chi connectivity index (χ4v) is 1.93. The molecule has 1 atom stereocenters. The van der Waals surface area contributed by atoms with Gasteiger partial charge in [-0.2, -0.15) is 5.26 Å². The zero-order chi connectivity index (χ0) is 12.3. The third-order valence-electron chi connectivity index (χ3n) is 3.11. The minimum atomic E-state index is -0.311. The van der Waals surface area contributed by atoms with E-state index in [1.165, 1.54) is 18.2 Å². The van der Waals surface area contributed by atoms with E-state index >= 15 is 0 Å². The average molecular weight is 234 g/mol. The molecule has 0 spiro atoms. The maximum Gasteiger partial charge on any atom is 0.123 e. The molecule has 1 fully saturated rings. The van der Waals surface area contributed by atoms with Crippen LogP contribution in [0.2, 0.25) is 0 Å². The highest BCUT2D eigenvalue weighted by molar-refractivity contribution is 5.37. The lowest BCUT2D eigenvalue weighted by Gasteiger charge is -2.23. The summed E-state index contributed by atoms with van der Waals surface area (Å²) in [4.78, 5) is 0. The highest BCUT2D eigenvalue weighted by Gasteiger charge is 2.28. The number of nitrogens with zero attached hydrogens (tertiary/aromatic N) is 1. The van der Waals surface area contributed by atoms with Crippen LogP contribution in [-0.4, -0.2) is 18.8 Å². The Morgan fingerprint density at radius 3 is 3.06 bits per heavy atom. The van der Waals surface area contributed by atoms with Gasteiger partial charge >= 0.3 is 0 Å². The molecule has 4 heteroatoms. The van der Waals surface area contributed by atoms with Crippen molar-refractivity contribution >= 4 is 0 Å². The van der Waals surface area contributed by atoms with Gasteiger partial charge in [0.25, 0.3) is 0 Å². The van der Waals surface area contributed by atoms with Crippen LogP contribution in [0.15, 0.2) is 18.2 Å². The molecule has 0 bridgehead atoms. The Labute approximate surface area is 100 Å². The van der Waals surface area contributed by atoms with Crippen LogP contribution < -0.4 is 5.32 Å². The van der Waals surface area contributed by atoms with Gasteiger partial charge in [-0.25, -0.2) is 4.39 Å². The minimum absolute atomic E-state index is 0.0704. The van der Waals surface area contributed by atoms with Crippen molar-refractivity contribution in [3.05, 3.63) is 35.1 Å². The summed E-state index contributed by atoms with van der Waals surface area (Å²) in [6, 6.07) is 6.30. The van der Waals surface area contributed by atoms with Gasteiger partial charge in [0.2, 0.25) is 0 Å². The van der Waals surface area contributed by atoms with Gasteiger partial charge in [0.15, 0.2) is 0 Å². The van der Waals surface area contributed by atoms with Crippen molar-refractivity contribution in [2.45, 2.75) is 25.4 Å². The molecular weight excluding hydrogens is 219 g/mol. The zero-order valence-corrected chi connectivity index (χ0v) is 9.79. The van der Waals surface area contributed by atoms with Gasteiger partial charge in [-0.15, -0.1) is 0 Å². The summed E-state index contributed by atoms with van der Waals surface area (Å²) in [5.74, 6) is -0.311. The number of nitrogens with one attached hydrogen (secondary N) is 1. The van der Waals surface area contributed by atoms with E-state index < -0.39 is 0 Å². The Morgan fingerprint density at radius 2 is 2.41 bits per heavy atom. The maximum absolute atomic E-state index is 13.1. The summed E-state index contributed by atoms with van der Waals surface area (Å²) in [7, 11) is 0. The summed E-state index contributed by atoms with van der Waals surface area (Å²) < 4.78 is 18.4. The number of nitriles is 1. The number of benzene rings is 1. The largest absolute Gasteiger partial charge is 0.379 e. The Hall–Kier alpha value is -1.44. The van der Waals surface area contributed by atoms with Crippen LogP contribution in [0.1, 0.15) is 24.5 Å². The molecule has 0 aliphatic carbocycles. The van der Waals surface area contributed by atoms with Gasteiger partial charge in [0.1, 0.15) is 5.82 Å². The van der Waals surface area contributed by atoms with Gasteiger partial charge < -0.3 is 10.1 Å². The quantitative estimate of drug-likeness (QED) is 0.869. The first-order chi connectivity index (χ1) is 8.13. The average Bonchev–Trinajstić information content (AvgIpc) is 2.74. The van der Waals surface area contributed by atoms with Crippen molar-refractivity contribution in [1.29, 1.82) is 5.26 Å². The third kappa shape index (κ3) is 2.82. The summed E-state index contributed by atoms with van der Waals surface area (Å²) >= 11 is 0. The normalized spacial score (nSPS) is 23.6. The maximum atomic E-state index is 13.1. The lowest BCUT2D eigenvalue weighted by Crippen LogP contribution is -2.42. The van der Waals surface area contributed by atoms with Crippen molar-refractivity contribution in [3.8, 4) is 6.07 Å². The molecule has 1 aliphatic rings. The molecule has 0 saturated carbocycles. The Balaban J connectivity index is 2.08. The number of hydrogen-bond acceptors (Lipinski definition) is 3. The molecule has 1 saturated heterocycles. The first kappa shape index (κ1) is 12.0. The van der Waals surface area contributed by atoms with Crippen LogP contribution in [0.4, 0.5) is 4.39 Å². The van der Waals surface area contributed by atoms with Crippen LogP contribution >= 0.6 is 0 Å². The van der Waals surface area contributed by atoms with E-state index in [0.29, 0.717) is 24.3 Å². The van der Waals surface area contributed by atoms with Crippen molar-refractivity contribution in [2.24, 2.45) is 0 Å². The highest BCUT2D eigenvalue weighted by atomic mass is 19.1. The topological polar surface area (TPSA) is 45.0 Å². The predicted octanol–water partition coefficient (Wildman–Crippen LogP) is 1.97. The van der Waals surface area contributed by atoms with Gasteiger partial charge in [0, 0.05) is 18.7 Å². The number of rotatable bonds is 3. The smallest absolute Gasteiger partial charge is 0.123 e. The molecule has 17 heavy (non-hydrogen) atoms. The van der Waals surface area contributed by atoms with Gasteiger partial charge in [0.05, 0.1) is 18.2 Å². The standard InChI is InChI=1S/C13H15FN2O/c1-13(4-5-17-9-13)16-8-11-6-12(14)3-2-10(11)7-15/h2-3,6,16H,4-5,8-9H2,1H3. The van der Waals surface area contributed by atoms with E-state index in [2.05, 4.69) is 18.3 Å². The van der Waals surface area contributed by atoms with E-state index in [1.54, 1.807) is 0 Å². The second-order valence-electron chi connectivity index (χ2n) is 4.63. The van der Waals surface area contributed by atoms with Crippen molar-refractivity contribution in [3.63, 3.8) is 0 Å². The van der Waals surface area contributed by atoms with Crippen LogP contribution in [0.5, 0.6) is 0 Å². The van der Waals surface area contributed by atoms with E-state index in [0.717, 1.165) is 13.0 Å². The fourth-order valence-electron chi connectivity index (χ4n) is 1.93. The Kier molecular flexibility index (Phi) is 3.41. The Bertz CT molecular complexity index is 447. The van der Waals surface area contributed by atoms with Gasteiger partial charge in [-0.05, 0) is 37.1 Å². The molecule has 1 N–H and O–H groups in total. The summed E-state index contributed by atoms with van der Waals surface area (Å²) in [5, 5.41) is 12.3. The second-order valence-corrected chi connectivity index (χ2v) is 4.63. The molecule has 0 radical (unpaired) electrons. The van der Waals surface area contributed by atoms with Crippen LogP contribution in [0.25, 0.3) is 0 Å². The van der Waals surface area contributed by atoms with Crippen LogP contribution in [0, 0.1) is 17.1 Å². The first-order valence-corrected chi connectivity index (χ1v) is 5.64. The van der Waals surface area contributed by atoms with Crippen molar-refractivity contribution in [1.82, 2.24) is 5.32 Å². The van der Waals surface area contributed by atoms with Gasteiger partial charge in [-0.3, -0.25) is 0 Å².